The van der Waals surface area contributed by atoms with Crippen LogP contribution in [0.25, 0.3) is 0 Å². The second kappa shape index (κ2) is 4.07. The van der Waals surface area contributed by atoms with Crippen LogP contribution in [-0.2, 0) is 9.53 Å². The molecule has 0 amide bonds. The minimum atomic E-state index is -0.259. The van der Waals surface area contributed by atoms with Gasteiger partial charge in [-0.2, -0.15) is 0 Å². The number of aromatic nitrogens is 1. The maximum Gasteiger partial charge on any atom is 0.138 e. The number of ether oxygens (including phenoxy) is 1. The van der Waals surface area contributed by atoms with Gasteiger partial charge in [0.05, 0.1) is 17.3 Å². The van der Waals surface area contributed by atoms with Crippen molar-refractivity contribution in [3.05, 3.63) is 29.0 Å². The van der Waals surface area contributed by atoms with Gasteiger partial charge < -0.3 is 4.74 Å². The minimum Gasteiger partial charge on any atom is -0.371 e. The summed E-state index contributed by atoms with van der Waals surface area (Å²) in [6.45, 7) is 0.469. The third-order valence-electron chi connectivity index (χ3n) is 2.20. The van der Waals surface area contributed by atoms with Crippen molar-refractivity contribution in [2.45, 2.75) is 18.9 Å². The van der Waals surface area contributed by atoms with E-state index in [0.717, 1.165) is 0 Å². The van der Waals surface area contributed by atoms with Crippen LogP contribution < -0.4 is 0 Å². The normalized spacial score (nSPS) is 22.4. The van der Waals surface area contributed by atoms with Gasteiger partial charge in [0.1, 0.15) is 11.9 Å². The van der Waals surface area contributed by atoms with Crippen molar-refractivity contribution >= 4 is 17.4 Å². The van der Waals surface area contributed by atoms with Crippen LogP contribution in [-0.4, -0.2) is 17.4 Å². The molecule has 4 heteroatoms. The summed E-state index contributed by atoms with van der Waals surface area (Å²) < 4.78 is 5.45. The van der Waals surface area contributed by atoms with Gasteiger partial charge in [0.25, 0.3) is 0 Å². The van der Waals surface area contributed by atoms with E-state index in [9.17, 15) is 4.79 Å². The average molecular weight is 212 g/mol. The topological polar surface area (TPSA) is 39.2 Å². The molecule has 0 radical (unpaired) electrons. The maximum absolute atomic E-state index is 11.2. The molecule has 1 aliphatic heterocycles. The standard InChI is InChI=1S/C10H10ClNO2/c11-8-2-1-4-12-10(8)9-6-7(13)3-5-14-9/h1-2,4,9H,3,5-6H2. The zero-order valence-corrected chi connectivity index (χ0v) is 8.33. The maximum atomic E-state index is 11.2. The number of carbonyl (C=O) groups excluding carboxylic acids is 1. The summed E-state index contributed by atoms with van der Waals surface area (Å²) in [5.41, 5.74) is 0.669. The summed E-state index contributed by atoms with van der Waals surface area (Å²) in [6, 6.07) is 3.52. The highest BCUT2D eigenvalue weighted by Crippen LogP contribution is 2.29. The fourth-order valence-corrected chi connectivity index (χ4v) is 1.74. The first-order chi connectivity index (χ1) is 6.77. The van der Waals surface area contributed by atoms with Crippen LogP contribution in [0, 0.1) is 0 Å². The lowest BCUT2D eigenvalue weighted by molar-refractivity contribution is -0.128. The molecule has 1 aliphatic rings. The van der Waals surface area contributed by atoms with Gasteiger partial charge >= 0.3 is 0 Å². The minimum absolute atomic E-state index is 0.211. The quantitative estimate of drug-likeness (QED) is 0.715. The van der Waals surface area contributed by atoms with E-state index >= 15 is 0 Å². The van der Waals surface area contributed by atoms with Crippen LogP contribution in [0.3, 0.4) is 0 Å². The summed E-state index contributed by atoms with van der Waals surface area (Å²) >= 11 is 5.95. The van der Waals surface area contributed by atoms with Crippen LogP contribution in [0.4, 0.5) is 0 Å². The summed E-state index contributed by atoms with van der Waals surface area (Å²) in [7, 11) is 0. The first kappa shape index (κ1) is 9.62. The Kier molecular flexibility index (Phi) is 2.79. The molecule has 0 spiro atoms. The fraction of sp³-hybridized carbons (Fsp3) is 0.400. The Hall–Kier alpha value is -0.930. The Labute approximate surface area is 87.0 Å². The highest BCUT2D eigenvalue weighted by atomic mass is 35.5. The molecular weight excluding hydrogens is 202 g/mol. The van der Waals surface area contributed by atoms with Gasteiger partial charge in [0.2, 0.25) is 0 Å². The van der Waals surface area contributed by atoms with Crippen molar-refractivity contribution in [3.8, 4) is 0 Å². The number of nitrogens with zero attached hydrogens (tertiary/aromatic N) is 1. The number of rotatable bonds is 1. The molecular formula is C10H10ClNO2. The van der Waals surface area contributed by atoms with Gasteiger partial charge in [0.15, 0.2) is 0 Å². The van der Waals surface area contributed by atoms with E-state index in [2.05, 4.69) is 4.98 Å². The Morgan fingerprint density at radius 1 is 1.57 bits per heavy atom. The van der Waals surface area contributed by atoms with Crippen molar-refractivity contribution in [2.75, 3.05) is 6.61 Å². The first-order valence-corrected chi connectivity index (χ1v) is 4.89. The van der Waals surface area contributed by atoms with Gasteiger partial charge in [-0.1, -0.05) is 11.6 Å². The van der Waals surface area contributed by atoms with E-state index in [1.807, 2.05) is 0 Å². The van der Waals surface area contributed by atoms with Crippen molar-refractivity contribution in [3.63, 3.8) is 0 Å². The smallest absolute Gasteiger partial charge is 0.138 e. The number of carbonyl (C=O) groups is 1. The molecule has 0 N–H and O–H groups in total. The van der Waals surface area contributed by atoms with Crippen molar-refractivity contribution in [2.24, 2.45) is 0 Å². The first-order valence-electron chi connectivity index (χ1n) is 4.51. The lowest BCUT2D eigenvalue weighted by Crippen LogP contribution is -2.20. The Morgan fingerprint density at radius 2 is 2.43 bits per heavy atom. The van der Waals surface area contributed by atoms with E-state index in [-0.39, 0.29) is 11.9 Å². The molecule has 1 aromatic heterocycles. The van der Waals surface area contributed by atoms with Crippen molar-refractivity contribution in [1.82, 2.24) is 4.98 Å². The molecule has 2 rings (SSSR count). The predicted octanol–water partition coefficient (Wildman–Crippen LogP) is 2.16. The van der Waals surface area contributed by atoms with Gasteiger partial charge in [-0.15, -0.1) is 0 Å². The summed E-state index contributed by atoms with van der Waals surface area (Å²) in [6.07, 6.45) is 2.28. The lowest BCUT2D eigenvalue weighted by atomic mass is 10.0. The van der Waals surface area contributed by atoms with E-state index < -0.39 is 0 Å². The molecule has 0 saturated carbocycles. The number of ketones is 1. The molecule has 3 nitrogen and oxygen atoms in total. The molecule has 14 heavy (non-hydrogen) atoms. The third kappa shape index (κ3) is 1.94. The highest BCUT2D eigenvalue weighted by molar-refractivity contribution is 6.31. The van der Waals surface area contributed by atoms with Crippen molar-refractivity contribution < 1.29 is 9.53 Å². The van der Waals surface area contributed by atoms with E-state index in [0.29, 0.717) is 30.2 Å². The van der Waals surface area contributed by atoms with E-state index in [1.165, 1.54) is 0 Å². The van der Waals surface area contributed by atoms with Crippen LogP contribution in [0.1, 0.15) is 24.6 Å². The lowest BCUT2D eigenvalue weighted by Gasteiger charge is -2.21. The molecule has 1 fully saturated rings. The molecule has 1 unspecified atom stereocenters. The Bertz CT molecular complexity index is 354. The van der Waals surface area contributed by atoms with Gasteiger partial charge in [-0.3, -0.25) is 9.78 Å². The second-order valence-corrected chi connectivity index (χ2v) is 3.63. The fourth-order valence-electron chi connectivity index (χ4n) is 1.49. The van der Waals surface area contributed by atoms with Gasteiger partial charge in [-0.25, -0.2) is 0 Å². The zero-order chi connectivity index (χ0) is 9.97. The molecule has 1 aromatic rings. The zero-order valence-electron chi connectivity index (χ0n) is 7.57. The van der Waals surface area contributed by atoms with Crippen LogP contribution in [0.5, 0.6) is 0 Å². The number of pyridine rings is 1. The molecule has 0 aliphatic carbocycles. The number of hydrogen-bond acceptors (Lipinski definition) is 3. The predicted molar refractivity (Wildman–Crippen MR) is 52.2 cm³/mol. The Morgan fingerprint density at radius 3 is 3.14 bits per heavy atom. The monoisotopic (exact) mass is 211 g/mol. The van der Waals surface area contributed by atoms with Crippen LogP contribution in [0.2, 0.25) is 5.02 Å². The second-order valence-electron chi connectivity index (χ2n) is 3.22. The van der Waals surface area contributed by atoms with Crippen LogP contribution >= 0.6 is 11.6 Å². The summed E-state index contributed by atoms with van der Waals surface area (Å²) in [4.78, 5) is 15.3. The Balaban J connectivity index is 2.22. The molecule has 1 saturated heterocycles. The van der Waals surface area contributed by atoms with Gasteiger partial charge in [-0.05, 0) is 12.1 Å². The number of halogens is 1. The molecule has 1 atom stereocenters. The molecule has 74 valence electrons. The number of Topliss-reactive ketones (excluding diaryl/α,β-unsaturated/α-hetero) is 1. The molecule has 2 heterocycles. The van der Waals surface area contributed by atoms with E-state index in [4.69, 9.17) is 16.3 Å². The summed E-state index contributed by atoms with van der Waals surface area (Å²) in [5.74, 6) is 0.211. The molecule has 0 bridgehead atoms. The van der Waals surface area contributed by atoms with E-state index in [1.54, 1.807) is 18.3 Å². The summed E-state index contributed by atoms with van der Waals surface area (Å²) in [5, 5.41) is 0.562. The van der Waals surface area contributed by atoms with Crippen LogP contribution in [0.15, 0.2) is 18.3 Å². The average Bonchev–Trinajstić information content (AvgIpc) is 2.18. The third-order valence-corrected chi connectivity index (χ3v) is 2.52. The highest BCUT2D eigenvalue weighted by Gasteiger charge is 2.24. The number of hydrogen-bond donors (Lipinski definition) is 0. The largest absolute Gasteiger partial charge is 0.371 e. The SMILES string of the molecule is O=C1CCOC(c2ncccc2Cl)C1. The van der Waals surface area contributed by atoms with Gasteiger partial charge in [0, 0.05) is 19.0 Å². The van der Waals surface area contributed by atoms with Crippen molar-refractivity contribution in [1.29, 1.82) is 0 Å². The molecule has 0 aromatic carbocycles.